The number of carbonyl (C=O) groups is 4. The van der Waals surface area contributed by atoms with Crippen LogP contribution in [0.25, 0.3) is 0 Å². The summed E-state index contributed by atoms with van der Waals surface area (Å²) in [6.45, 7) is -0.0160. The molecule has 1 aliphatic heterocycles. The molecule has 2 heterocycles. The summed E-state index contributed by atoms with van der Waals surface area (Å²) in [7, 11) is 0. The summed E-state index contributed by atoms with van der Waals surface area (Å²) in [6, 6.07) is 10.2. The Morgan fingerprint density at radius 2 is 1.67 bits per heavy atom. The number of allylic oxidation sites excluding steroid dienone is 2. The molecular weight excluding hydrogens is 386 g/mol. The number of rotatable bonds is 6. The lowest BCUT2D eigenvalue weighted by Crippen LogP contribution is -2.40. The predicted molar refractivity (Wildman–Crippen MR) is 107 cm³/mol. The van der Waals surface area contributed by atoms with Gasteiger partial charge in [0.05, 0.1) is 18.1 Å². The fourth-order valence-corrected chi connectivity index (χ4v) is 3.73. The highest BCUT2D eigenvalue weighted by atomic mass is 16.3. The van der Waals surface area contributed by atoms with Crippen LogP contribution in [0.4, 0.5) is 5.69 Å². The van der Waals surface area contributed by atoms with Crippen LogP contribution in [0, 0.1) is 11.8 Å². The topological polar surface area (TPSA) is 109 Å². The number of furan rings is 1. The number of fused-ring (bicyclic) bond motifs is 1. The number of benzene rings is 1. The van der Waals surface area contributed by atoms with Gasteiger partial charge in [-0.3, -0.25) is 24.1 Å². The van der Waals surface area contributed by atoms with Crippen molar-refractivity contribution in [2.24, 2.45) is 11.8 Å². The molecular formula is C22H21N3O5. The van der Waals surface area contributed by atoms with Crippen molar-refractivity contribution in [3.8, 4) is 0 Å². The van der Waals surface area contributed by atoms with Gasteiger partial charge in [-0.1, -0.05) is 24.3 Å². The van der Waals surface area contributed by atoms with Crippen LogP contribution < -0.4 is 10.6 Å². The van der Waals surface area contributed by atoms with E-state index in [4.69, 9.17) is 4.42 Å². The van der Waals surface area contributed by atoms with E-state index in [2.05, 4.69) is 10.6 Å². The molecule has 1 aromatic carbocycles. The van der Waals surface area contributed by atoms with Crippen LogP contribution >= 0.6 is 0 Å². The molecule has 2 aliphatic rings. The highest BCUT2D eigenvalue weighted by Crippen LogP contribution is 2.34. The lowest BCUT2D eigenvalue weighted by molar-refractivity contribution is -0.143. The number of nitrogens with one attached hydrogen (secondary N) is 2. The number of amides is 4. The number of carbonyl (C=O) groups excluding carboxylic acids is 4. The van der Waals surface area contributed by atoms with Crippen molar-refractivity contribution < 1.29 is 23.6 Å². The second-order valence-electron chi connectivity index (χ2n) is 7.32. The van der Waals surface area contributed by atoms with Crippen LogP contribution in [0.2, 0.25) is 0 Å². The summed E-state index contributed by atoms with van der Waals surface area (Å²) >= 11 is 0. The van der Waals surface area contributed by atoms with Crippen molar-refractivity contribution in [2.45, 2.75) is 19.4 Å². The van der Waals surface area contributed by atoms with Crippen molar-refractivity contribution in [1.29, 1.82) is 0 Å². The van der Waals surface area contributed by atoms with E-state index in [1.54, 1.807) is 36.4 Å². The van der Waals surface area contributed by atoms with Gasteiger partial charge < -0.3 is 15.1 Å². The molecule has 4 rings (SSSR count). The fraction of sp³-hybridized carbons (Fsp3) is 0.273. The number of hydrogen-bond acceptors (Lipinski definition) is 5. The van der Waals surface area contributed by atoms with Crippen LogP contribution in [0.15, 0.2) is 59.2 Å². The standard InChI is InChI=1S/C22H21N3O5/c26-19(13-25-21(28)16-4-1-2-5-17(16)22(25)29)23-12-14-7-9-15(10-8-14)24-20(27)18-6-3-11-30-18/h1-3,6-11,16-17H,4-5,12-13H2,(H,23,26)(H,24,27)/t16-,17-/m0/s1. The zero-order valence-electron chi connectivity index (χ0n) is 16.2. The van der Waals surface area contributed by atoms with Crippen molar-refractivity contribution in [3.05, 3.63) is 66.1 Å². The number of nitrogens with zero attached hydrogens (tertiary/aromatic N) is 1. The first-order valence-electron chi connectivity index (χ1n) is 9.73. The quantitative estimate of drug-likeness (QED) is 0.563. The Kier molecular flexibility index (Phi) is 5.47. The Morgan fingerprint density at radius 3 is 2.27 bits per heavy atom. The molecule has 1 fully saturated rings. The van der Waals surface area contributed by atoms with Crippen LogP contribution in [0.1, 0.15) is 29.0 Å². The van der Waals surface area contributed by atoms with Gasteiger partial charge in [0.2, 0.25) is 17.7 Å². The van der Waals surface area contributed by atoms with Crippen molar-refractivity contribution in [3.63, 3.8) is 0 Å². The van der Waals surface area contributed by atoms with Gasteiger partial charge in [-0.25, -0.2) is 0 Å². The first kappa shape index (κ1) is 19.6. The number of anilines is 1. The second-order valence-corrected chi connectivity index (χ2v) is 7.32. The molecule has 8 nitrogen and oxygen atoms in total. The zero-order valence-corrected chi connectivity index (χ0v) is 16.2. The van der Waals surface area contributed by atoms with Crippen molar-refractivity contribution in [1.82, 2.24) is 10.2 Å². The molecule has 0 bridgehead atoms. The summed E-state index contributed by atoms with van der Waals surface area (Å²) in [5, 5.41) is 5.44. The summed E-state index contributed by atoms with van der Waals surface area (Å²) in [4.78, 5) is 50.1. The molecule has 8 heteroatoms. The summed E-state index contributed by atoms with van der Waals surface area (Å²) in [5.74, 6) is -1.72. The molecule has 0 saturated carbocycles. The fourth-order valence-electron chi connectivity index (χ4n) is 3.73. The average Bonchev–Trinajstić information content (AvgIpc) is 3.38. The smallest absolute Gasteiger partial charge is 0.291 e. The van der Waals surface area contributed by atoms with Gasteiger partial charge in [-0.15, -0.1) is 0 Å². The highest BCUT2D eigenvalue weighted by molar-refractivity contribution is 6.07. The van der Waals surface area contributed by atoms with E-state index in [0.717, 1.165) is 10.5 Å². The summed E-state index contributed by atoms with van der Waals surface area (Å²) in [6.07, 6.45) is 6.36. The van der Waals surface area contributed by atoms with E-state index in [1.807, 2.05) is 12.2 Å². The lowest BCUT2D eigenvalue weighted by atomic mass is 9.85. The second kappa shape index (κ2) is 8.36. The number of hydrogen-bond donors (Lipinski definition) is 2. The van der Waals surface area contributed by atoms with E-state index in [-0.39, 0.29) is 48.4 Å². The highest BCUT2D eigenvalue weighted by Gasteiger charge is 2.47. The molecule has 1 saturated heterocycles. The Hall–Kier alpha value is -3.68. The Labute approximate surface area is 172 Å². The average molecular weight is 407 g/mol. The molecule has 1 aromatic heterocycles. The maximum atomic E-state index is 12.4. The maximum absolute atomic E-state index is 12.4. The van der Waals surface area contributed by atoms with Gasteiger partial charge in [0.15, 0.2) is 5.76 Å². The maximum Gasteiger partial charge on any atom is 0.291 e. The lowest BCUT2D eigenvalue weighted by Gasteiger charge is -2.14. The van der Waals surface area contributed by atoms with Crippen molar-refractivity contribution >= 4 is 29.3 Å². The summed E-state index contributed by atoms with van der Waals surface area (Å²) in [5.41, 5.74) is 1.41. The van der Waals surface area contributed by atoms with E-state index in [0.29, 0.717) is 18.5 Å². The van der Waals surface area contributed by atoms with E-state index >= 15 is 0 Å². The molecule has 30 heavy (non-hydrogen) atoms. The van der Waals surface area contributed by atoms with Gasteiger partial charge in [0, 0.05) is 12.2 Å². The molecule has 154 valence electrons. The predicted octanol–water partition coefficient (Wildman–Crippen LogP) is 2.10. The zero-order chi connectivity index (χ0) is 21.1. The monoisotopic (exact) mass is 407 g/mol. The third-order valence-corrected chi connectivity index (χ3v) is 5.35. The van der Waals surface area contributed by atoms with Crippen LogP contribution in [-0.2, 0) is 20.9 Å². The first-order chi connectivity index (χ1) is 14.5. The SMILES string of the molecule is O=C(CN1C(=O)[C@H]2CC=CC[C@@H]2C1=O)NCc1ccc(NC(=O)c2ccco2)cc1. The number of imide groups is 1. The third-order valence-electron chi connectivity index (χ3n) is 5.35. The van der Waals surface area contributed by atoms with Crippen LogP contribution in [0.3, 0.4) is 0 Å². The first-order valence-corrected chi connectivity index (χ1v) is 9.73. The van der Waals surface area contributed by atoms with Gasteiger partial charge in [-0.05, 0) is 42.7 Å². The largest absolute Gasteiger partial charge is 0.459 e. The molecule has 4 amide bonds. The normalized spacial score (nSPS) is 20.2. The van der Waals surface area contributed by atoms with Gasteiger partial charge in [0.1, 0.15) is 6.54 Å². The van der Waals surface area contributed by atoms with E-state index in [9.17, 15) is 19.2 Å². The minimum atomic E-state index is -0.390. The van der Waals surface area contributed by atoms with Crippen LogP contribution in [0.5, 0.6) is 0 Å². The molecule has 1 aliphatic carbocycles. The minimum Gasteiger partial charge on any atom is -0.459 e. The van der Waals surface area contributed by atoms with Gasteiger partial charge in [-0.2, -0.15) is 0 Å². The van der Waals surface area contributed by atoms with Gasteiger partial charge in [0.25, 0.3) is 5.91 Å². The van der Waals surface area contributed by atoms with Gasteiger partial charge >= 0.3 is 0 Å². The Morgan fingerprint density at radius 1 is 1.00 bits per heavy atom. The van der Waals surface area contributed by atoms with E-state index < -0.39 is 5.91 Å². The van der Waals surface area contributed by atoms with Crippen molar-refractivity contribution in [2.75, 3.05) is 11.9 Å². The molecule has 2 aromatic rings. The minimum absolute atomic E-state index is 0.216. The van der Waals surface area contributed by atoms with Crippen LogP contribution in [-0.4, -0.2) is 35.1 Å². The third kappa shape index (κ3) is 4.03. The molecule has 0 unspecified atom stereocenters. The molecule has 2 N–H and O–H groups in total. The Bertz CT molecular complexity index is 968. The Balaban J connectivity index is 1.27. The van der Waals surface area contributed by atoms with E-state index in [1.165, 1.54) is 6.26 Å². The number of likely N-dealkylation sites (tertiary alicyclic amines) is 1. The molecule has 0 spiro atoms. The molecule has 2 atom stereocenters. The summed E-state index contributed by atoms with van der Waals surface area (Å²) < 4.78 is 5.04. The molecule has 0 radical (unpaired) electrons.